The molecule has 0 radical (unpaired) electrons. The fourth-order valence-electron chi connectivity index (χ4n) is 4.10. The summed E-state index contributed by atoms with van der Waals surface area (Å²) >= 11 is 2.46. The van der Waals surface area contributed by atoms with Gasteiger partial charge in [-0.2, -0.15) is 0 Å². The summed E-state index contributed by atoms with van der Waals surface area (Å²) in [5.41, 5.74) is 0.663. The van der Waals surface area contributed by atoms with Gasteiger partial charge in [-0.05, 0) is 43.4 Å². The molecule has 102 valence electrons. The first kappa shape index (κ1) is 13.3. The topological polar surface area (TPSA) is 23.6 Å². The van der Waals surface area contributed by atoms with E-state index in [0.717, 1.165) is 25.4 Å². The highest BCUT2D eigenvalue weighted by Gasteiger charge is 2.41. The van der Waals surface area contributed by atoms with Crippen molar-refractivity contribution in [2.75, 3.05) is 32.7 Å². The summed E-state index contributed by atoms with van der Waals surface area (Å²) in [4.78, 5) is 13.7. The first-order valence-corrected chi connectivity index (χ1v) is 8.27. The first-order valence-electron chi connectivity index (χ1n) is 7.30. The summed E-state index contributed by atoms with van der Waals surface area (Å²) in [5.74, 6) is 1.30. The summed E-state index contributed by atoms with van der Waals surface area (Å²) in [6.07, 6.45) is 7.83. The molecule has 1 atom stereocenters. The maximum atomic E-state index is 11.3. The molecule has 0 bridgehead atoms. The predicted octanol–water partition coefficient (Wildman–Crippen LogP) is 2.49. The van der Waals surface area contributed by atoms with E-state index in [2.05, 4.69) is 30.9 Å². The SMILES string of the molecule is O=C1CCN(CC2CCC3(CCN(I)CC3)C2)C1. The summed E-state index contributed by atoms with van der Waals surface area (Å²) in [6.45, 7) is 5.47. The van der Waals surface area contributed by atoms with Gasteiger partial charge in [-0.15, -0.1) is 0 Å². The lowest BCUT2D eigenvalue weighted by atomic mass is 9.77. The van der Waals surface area contributed by atoms with E-state index in [9.17, 15) is 4.79 Å². The average Bonchev–Trinajstić information content (AvgIpc) is 2.92. The van der Waals surface area contributed by atoms with E-state index >= 15 is 0 Å². The first-order chi connectivity index (χ1) is 8.65. The molecule has 2 aliphatic heterocycles. The standard InChI is InChI=1S/C14H23IN2O/c15-17-7-4-14(5-8-17)3-1-12(9-14)10-16-6-2-13(18)11-16/h12H,1-11H2. The summed E-state index contributed by atoms with van der Waals surface area (Å²) in [6, 6.07) is 0. The van der Waals surface area contributed by atoms with Gasteiger partial charge in [-0.3, -0.25) is 9.69 Å². The number of rotatable bonds is 2. The van der Waals surface area contributed by atoms with Crippen LogP contribution in [0.1, 0.15) is 38.5 Å². The fraction of sp³-hybridized carbons (Fsp3) is 0.929. The van der Waals surface area contributed by atoms with E-state index in [-0.39, 0.29) is 0 Å². The Morgan fingerprint density at radius 2 is 2.00 bits per heavy atom. The highest BCUT2D eigenvalue weighted by atomic mass is 127. The van der Waals surface area contributed by atoms with Gasteiger partial charge in [0.15, 0.2) is 0 Å². The quantitative estimate of drug-likeness (QED) is 0.557. The van der Waals surface area contributed by atoms with Gasteiger partial charge in [-0.25, -0.2) is 3.11 Å². The number of nitrogens with zero attached hydrogens (tertiary/aromatic N) is 2. The molecular weight excluding hydrogens is 339 g/mol. The molecule has 2 heterocycles. The number of halogens is 1. The lowest BCUT2D eigenvalue weighted by molar-refractivity contribution is -0.116. The lowest BCUT2D eigenvalue weighted by Gasteiger charge is -2.37. The Morgan fingerprint density at radius 1 is 1.22 bits per heavy atom. The lowest BCUT2D eigenvalue weighted by Crippen LogP contribution is -2.34. The molecule has 18 heavy (non-hydrogen) atoms. The Bertz CT molecular complexity index is 326. The molecule has 0 aromatic carbocycles. The number of Topliss-reactive ketones (excluding diaryl/α,β-unsaturated/α-hetero) is 1. The number of carbonyl (C=O) groups is 1. The number of carbonyl (C=O) groups excluding carboxylic acids is 1. The maximum absolute atomic E-state index is 11.3. The third kappa shape index (κ3) is 2.90. The van der Waals surface area contributed by atoms with Crippen molar-refractivity contribution in [3.8, 4) is 0 Å². The zero-order chi connectivity index (χ0) is 12.6. The van der Waals surface area contributed by atoms with E-state index in [1.165, 1.54) is 51.7 Å². The molecule has 1 spiro atoms. The minimum atomic E-state index is 0.445. The number of hydrogen-bond acceptors (Lipinski definition) is 3. The number of hydrogen-bond donors (Lipinski definition) is 0. The zero-order valence-electron chi connectivity index (χ0n) is 11.0. The van der Waals surface area contributed by atoms with Crippen LogP contribution in [0.4, 0.5) is 0 Å². The van der Waals surface area contributed by atoms with Gasteiger partial charge in [0, 0.05) is 55.5 Å². The second kappa shape index (κ2) is 5.37. The molecule has 1 aliphatic carbocycles. The van der Waals surface area contributed by atoms with E-state index in [1.807, 2.05) is 0 Å². The molecule has 0 amide bonds. The summed E-state index contributed by atoms with van der Waals surface area (Å²) in [7, 11) is 0. The molecule has 4 heteroatoms. The molecule has 0 aromatic heterocycles. The smallest absolute Gasteiger partial charge is 0.148 e. The van der Waals surface area contributed by atoms with Crippen LogP contribution in [0.25, 0.3) is 0 Å². The van der Waals surface area contributed by atoms with Crippen LogP contribution in [0.2, 0.25) is 0 Å². The fourth-order valence-corrected chi connectivity index (χ4v) is 4.58. The van der Waals surface area contributed by atoms with Crippen LogP contribution in [-0.4, -0.2) is 46.5 Å². The van der Waals surface area contributed by atoms with Crippen molar-refractivity contribution in [1.29, 1.82) is 0 Å². The highest BCUT2D eigenvalue weighted by Crippen LogP contribution is 2.49. The molecule has 1 unspecified atom stereocenters. The predicted molar refractivity (Wildman–Crippen MR) is 80.7 cm³/mol. The Morgan fingerprint density at radius 3 is 2.67 bits per heavy atom. The minimum Gasteiger partial charge on any atom is -0.298 e. The van der Waals surface area contributed by atoms with Crippen LogP contribution in [0.5, 0.6) is 0 Å². The average molecular weight is 362 g/mol. The molecule has 3 fully saturated rings. The van der Waals surface area contributed by atoms with E-state index in [1.54, 1.807) is 0 Å². The largest absolute Gasteiger partial charge is 0.298 e. The molecule has 3 nitrogen and oxygen atoms in total. The summed E-state index contributed by atoms with van der Waals surface area (Å²) in [5, 5.41) is 0. The van der Waals surface area contributed by atoms with Crippen LogP contribution < -0.4 is 0 Å². The van der Waals surface area contributed by atoms with E-state index < -0.39 is 0 Å². The van der Waals surface area contributed by atoms with Crippen LogP contribution in [0, 0.1) is 11.3 Å². The number of ketones is 1. The van der Waals surface area contributed by atoms with Crippen molar-refractivity contribution in [3.63, 3.8) is 0 Å². The van der Waals surface area contributed by atoms with Crippen molar-refractivity contribution in [3.05, 3.63) is 0 Å². The Hall–Kier alpha value is 0.320. The van der Waals surface area contributed by atoms with Crippen LogP contribution in [-0.2, 0) is 4.79 Å². The monoisotopic (exact) mass is 362 g/mol. The van der Waals surface area contributed by atoms with Gasteiger partial charge in [0.25, 0.3) is 0 Å². The van der Waals surface area contributed by atoms with Gasteiger partial charge < -0.3 is 0 Å². The zero-order valence-corrected chi connectivity index (χ0v) is 13.2. The van der Waals surface area contributed by atoms with Gasteiger partial charge in [0.1, 0.15) is 5.78 Å². The van der Waals surface area contributed by atoms with Gasteiger partial charge in [0.05, 0.1) is 6.54 Å². The van der Waals surface area contributed by atoms with Crippen LogP contribution in [0.15, 0.2) is 0 Å². The van der Waals surface area contributed by atoms with E-state index in [4.69, 9.17) is 0 Å². The maximum Gasteiger partial charge on any atom is 0.148 e. The van der Waals surface area contributed by atoms with Gasteiger partial charge >= 0.3 is 0 Å². The number of likely N-dealkylation sites (tertiary alicyclic amines) is 1. The molecular formula is C14H23IN2O. The molecule has 3 rings (SSSR count). The molecule has 0 N–H and O–H groups in total. The highest BCUT2D eigenvalue weighted by molar-refractivity contribution is 14.1. The van der Waals surface area contributed by atoms with Crippen LogP contribution >= 0.6 is 22.9 Å². The second-order valence-electron chi connectivity index (χ2n) is 6.54. The second-order valence-corrected chi connectivity index (χ2v) is 7.91. The van der Waals surface area contributed by atoms with E-state index in [0.29, 0.717) is 11.2 Å². The molecule has 2 saturated heterocycles. The number of piperidine rings is 1. The Labute approximate surface area is 124 Å². The molecule has 3 aliphatic rings. The van der Waals surface area contributed by atoms with Crippen molar-refractivity contribution in [2.45, 2.75) is 38.5 Å². The van der Waals surface area contributed by atoms with Crippen molar-refractivity contribution in [1.82, 2.24) is 8.01 Å². The third-order valence-corrected chi connectivity index (χ3v) is 6.16. The normalized spacial score (nSPS) is 33.6. The third-order valence-electron chi connectivity index (χ3n) is 5.20. The van der Waals surface area contributed by atoms with Crippen molar-refractivity contribution >= 4 is 28.6 Å². The molecule has 1 saturated carbocycles. The van der Waals surface area contributed by atoms with Crippen molar-refractivity contribution < 1.29 is 4.79 Å². The van der Waals surface area contributed by atoms with Gasteiger partial charge in [0.2, 0.25) is 0 Å². The molecule has 0 aromatic rings. The summed E-state index contributed by atoms with van der Waals surface area (Å²) < 4.78 is 2.44. The Kier molecular flexibility index (Phi) is 3.97. The van der Waals surface area contributed by atoms with Gasteiger partial charge in [-0.1, -0.05) is 0 Å². The Balaban J connectivity index is 1.50. The van der Waals surface area contributed by atoms with Crippen molar-refractivity contribution in [2.24, 2.45) is 11.3 Å². The minimum absolute atomic E-state index is 0.445. The van der Waals surface area contributed by atoms with Crippen LogP contribution in [0.3, 0.4) is 0 Å².